The quantitative estimate of drug-likeness (QED) is 0.257. The number of benzene rings is 2. The first-order chi connectivity index (χ1) is 18.6. The number of hydrogen-bond donors (Lipinski definition) is 0. The zero-order valence-electron chi connectivity index (χ0n) is 22.0. The number of hydrogen-bond acceptors (Lipinski definition) is 5. The highest BCUT2D eigenvalue weighted by molar-refractivity contribution is 5.70. The third kappa shape index (κ3) is 5.52. The summed E-state index contributed by atoms with van der Waals surface area (Å²) in [7, 11) is 0. The first-order valence-corrected chi connectivity index (χ1v) is 13.4. The Morgan fingerprint density at radius 2 is 1.79 bits per heavy atom. The van der Waals surface area contributed by atoms with E-state index in [-0.39, 0.29) is 5.56 Å². The minimum Gasteiger partial charge on any atom is -0.477 e. The molecule has 0 saturated heterocycles. The van der Waals surface area contributed by atoms with E-state index >= 15 is 0 Å². The third-order valence-corrected chi connectivity index (χ3v) is 7.02. The largest absolute Gasteiger partial charge is 0.477 e. The van der Waals surface area contributed by atoms with Crippen molar-refractivity contribution in [3.63, 3.8) is 0 Å². The molecule has 192 valence electrons. The molecule has 1 saturated carbocycles. The van der Waals surface area contributed by atoms with Gasteiger partial charge in [0.2, 0.25) is 5.88 Å². The van der Waals surface area contributed by atoms with Crippen LogP contribution in [0.3, 0.4) is 0 Å². The fourth-order valence-corrected chi connectivity index (χ4v) is 4.81. The van der Waals surface area contributed by atoms with Gasteiger partial charge in [-0.05, 0) is 60.4 Å². The van der Waals surface area contributed by atoms with Gasteiger partial charge >= 0.3 is 0 Å². The second kappa shape index (κ2) is 11.4. The summed E-state index contributed by atoms with van der Waals surface area (Å²) in [5, 5.41) is 9.48. The number of ether oxygens (including phenoxy) is 1. The van der Waals surface area contributed by atoms with E-state index in [4.69, 9.17) is 4.74 Å². The van der Waals surface area contributed by atoms with E-state index in [0.717, 1.165) is 46.6 Å². The summed E-state index contributed by atoms with van der Waals surface area (Å²) in [6.07, 6.45) is 6.49. The zero-order chi connectivity index (χ0) is 26.5. The molecule has 38 heavy (non-hydrogen) atoms. The van der Waals surface area contributed by atoms with Crippen LogP contribution in [-0.4, -0.2) is 21.1 Å². The SMILES string of the molecule is CCCc1nc(=O)c(-c2ccc(OCC3CC3)nc2)c(CC)n1Cc1ccc(-c2ccccc2C#N)cc1. The Labute approximate surface area is 223 Å². The van der Waals surface area contributed by atoms with Crippen LogP contribution in [0, 0.1) is 17.2 Å². The lowest BCUT2D eigenvalue weighted by atomic mass is 9.99. The highest BCUT2D eigenvalue weighted by atomic mass is 16.5. The van der Waals surface area contributed by atoms with Crippen molar-refractivity contribution < 1.29 is 4.74 Å². The van der Waals surface area contributed by atoms with Gasteiger partial charge in [0.05, 0.1) is 23.8 Å². The molecule has 6 heteroatoms. The van der Waals surface area contributed by atoms with Crippen molar-refractivity contribution in [1.29, 1.82) is 5.26 Å². The minimum absolute atomic E-state index is 0.210. The van der Waals surface area contributed by atoms with Crippen LogP contribution < -0.4 is 10.3 Å². The monoisotopic (exact) mass is 504 g/mol. The highest BCUT2D eigenvalue weighted by Gasteiger charge is 2.22. The predicted molar refractivity (Wildman–Crippen MR) is 149 cm³/mol. The molecule has 6 nitrogen and oxygen atoms in total. The first kappa shape index (κ1) is 25.4. The molecule has 0 aliphatic heterocycles. The molecular weight excluding hydrogens is 472 g/mol. The maximum atomic E-state index is 13.3. The second-order valence-corrected chi connectivity index (χ2v) is 9.84. The van der Waals surface area contributed by atoms with Crippen molar-refractivity contribution in [3.05, 3.63) is 99.9 Å². The summed E-state index contributed by atoms with van der Waals surface area (Å²) in [5.41, 5.74) is 5.81. The lowest BCUT2D eigenvalue weighted by molar-refractivity contribution is 0.288. The molecule has 1 aliphatic carbocycles. The molecule has 0 atom stereocenters. The van der Waals surface area contributed by atoms with Gasteiger partial charge in [0, 0.05) is 36.5 Å². The van der Waals surface area contributed by atoms with Crippen molar-refractivity contribution in [2.75, 3.05) is 6.61 Å². The summed E-state index contributed by atoms with van der Waals surface area (Å²) in [5.74, 6) is 2.04. The van der Waals surface area contributed by atoms with E-state index in [9.17, 15) is 10.1 Å². The van der Waals surface area contributed by atoms with Gasteiger partial charge in [0.1, 0.15) is 5.82 Å². The van der Waals surface area contributed by atoms with E-state index in [1.54, 1.807) is 6.20 Å². The van der Waals surface area contributed by atoms with Crippen LogP contribution in [0.15, 0.2) is 71.7 Å². The molecular formula is C32H32N4O2. The van der Waals surface area contributed by atoms with Gasteiger partial charge in [-0.15, -0.1) is 0 Å². The lowest BCUT2D eigenvalue weighted by Gasteiger charge is -2.20. The third-order valence-electron chi connectivity index (χ3n) is 7.02. The first-order valence-electron chi connectivity index (χ1n) is 13.4. The molecule has 4 aromatic rings. The van der Waals surface area contributed by atoms with E-state index in [1.165, 1.54) is 12.8 Å². The van der Waals surface area contributed by atoms with Gasteiger partial charge in [-0.2, -0.15) is 10.2 Å². The van der Waals surface area contributed by atoms with E-state index in [1.807, 2.05) is 36.4 Å². The Bertz CT molecular complexity index is 1510. The second-order valence-electron chi connectivity index (χ2n) is 9.84. The van der Waals surface area contributed by atoms with E-state index in [2.05, 4.69) is 58.7 Å². The summed E-state index contributed by atoms with van der Waals surface area (Å²) in [6, 6.07) is 21.9. The Morgan fingerprint density at radius 3 is 2.45 bits per heavy atom. The number of aryl methyl sites for hydroxylation is 1. The lowest BCUT2D eigenvalue weighted by Crippen LogP contribution is -2.24. The highest BCUT2D eigenvalue weighted by Crippen LogP contribution is 2.30. The molecule has 5 rings (SSSR count). The number of pyridine rings is 1. The van der Waals surface area contributed by atoms with Crippen LogP contribution in [0.25, 0.3) is 22.3 Å². The predicted octanol–water partition coefficient (Wildman–Crippen LogP) is 6.20. The molecule has 0 unspecified atom stereocenters. The van der Waals surface area contributed by atoms with Gasteiger partial charge in [0.25, 0.3) is 5.56 Å². The molecule has 0 N–H and O–H groups in total. The maximum Gasteiger partial charge on any atom is 0.281 e. The number of aromatic nitrogens is 3. The van der Waals surface area contributed by atoms with Crippen molar-refractivity contribution in [3.8, 4) is 34.2 Å². The molecule has 2 aromatic heterocycles. The zero-order valence-corrected chi connectivity index (χ0v) is 22.0. The van der Waals surface area contributed by atoms with Gasteiger partial charge in [0.15, 0.2) is 0 Å². The summed E-state index contributed by atoms with van der Waals surface area (Å²) in [6.45, 7) is 5.48. The van der Waals surface area contributed by atoms with Gasteiger partial charge < -0.3 is 9.30 Å². The number of rotatable bonds is 10. The van der Waals surface area contributed by atoms with E-state index < -0.39 is 0 Å². The van der Waals surface area contributed by atoms with Crippen molar-refractivity contribution in [2.24, 2.45) is 5.92 Å². The topological polar surface area (TPSA) is 80.8 Å². The van der Waals surface area contributed by atoms with Crippen LogP contribution in [-0.2, 0) is 19.4 Å². The van der Waals surface area contributed by atoms with Gasteiger partial charge in [-0.3, -0.25) is 4.79 Å². The van der Waals surface area contributed by atoms with Gasteiger partial charge in [-0.1, -0.05) is 56.3 Å². The Balaban J connectivity index is 1.48. The molecule has 2 aromatic carbocycles. The van der Waals surface area contributed by atoms with E-state index in [0.29, 0.717) is 42.5 Å². The standard InChI is InChI=1S/C32H32N4O2/c1-3-7-29-35-32(37)31(26-16-17-30(34-19-26)38-21-23-10-11-23)28(4-2)36(29)20-22-12-14-24(15-13-22)27-9-6-5-8-25(27)18-33/h5-6,8-9,12-17,19,23H,3-4,7,10-11,20-21H2,1-2H3. The molecule has 2 heterocycles. The molecule has 0 radical (unpaired) electrons. The average Bonchev–Trinajstić information content (AvgIpc) is 3.78. The molecule has 0 bridgehead atoms. The Hall–Kier alpha value is -4.24. The van der Waals surface area contributed by atoms with Crippen molar-refractivity contribution in [2.45, 2.75) is 52.5 Å². The minimum atomic E-state index is -0.210. The smallest absolute Gasteiger partial charge is 0.281 e. The molecule has 1 aliphatic rings. The summed E-state index contributed by atoms with van der Waals surface area (Å²) >= 11 is 0. The summed E-state index contributed by atoms with van der Waals surface area (Å²) in [4.78, 5) is 22.3. The van der Waals surface area contributed by atoms with Crippen LogP contribution in [0.5, 0.6) is 5.88 Å². The Morgan fingerprint density at radius 1 is 1.03 bits per heavy atom. The molecule has 0 amide bonds. The molecule has 0 spiro atoms. The van der Waals surface area contributed by atoms with Gasteiger partial charge in [-0.25, -0.2) is 4.98 Å². The fraction of sp³-hybridized carbons (Fsp3) is 0.312. The molecule has 1 fully saturated rings. The van der Waals surface area contributed by atoms with Crippen LogP contribution in [0.2, 0.25) is 0 Å². The van der Waals surface area contributed by atoms with Crippen LogP contribution >= 0.6 is 0 Å². The number of nitrogens with zero attached hydrogens (tertiary/aromatic N) is 4. The Kier molecular flexibility index (Phi) is 7.65. The van der Waals surface area contributed by atoms with Crippen molar-refractivity contribution in [1.82, 2.24) is 14.5 Å². The number of nitriles is 1. The normalized spacial score (nSPS) is 12.8. The van der Waals surface area contributed by atoms with Crippen LogP contribution in [0.1, 0.15) is 55.8 Å². The average molecular weight is 505 g/mol. The van der Waals surface area contributed by atoms with Crippen molar-refractivity contribution >= 4 is 0 Å². The maximum absolute atomic E-state index is 13.3. The van der Waals surface area contributed by atoms with Crippen LogP contribution in [0.4, 0.5) is 0 Å². The summed E-state index contributed by atoms with van der Waals surface area (Å²) < 4.78 is 7.98. The fourth-order valence-electron chi connectivity index (χ4n) is 4.81.